The van der Waals surface area contributed by atoms with Crippen LogP contribution in [0.5, 0.6) is 5.75 Å². The Morgan fingerprint density at radius 3 is 2.27 bits per heavy atom. The third-order valence-electron chi connectivity index (χ3n) is 3.11. The lowest BCUT2D eigenvalue weighted by atomic mass is 10.0. The molecular formula is C18H29NO7. The molecule has 0 aliphatic rings. The minimum absolute atomic E-state index is 0.521. The van der Waals surface area contributed by atoms with Gasteiger partial charge < -0.3 is 29.7 Å². The second-order valence-electron chi connectivity index (χ2n) is 5.54. The van der Waals surface area contributed by atoms with Crippen LogP contribution >= 0.6 is 0 Å². The van der Waals surface area contributed by atoms with E-state index < -0.39 is 11.9 Å². The van der Waals surface area contributed by atoms with Gasteiger partial charge in [-0.1, -0.05) is 26.0 Å². The largest absolute Gasteiger partial charge is 0.491 e. The molecule has 0 aromatic heterocycles. The highest BCUT2D eigenvalue weighted by Crippen LogP contribution is 2.19. The summed E-state index contributed by atoms with van der Waals surface area (Å²) < 4.78 is 16.1. The van der Waals surface area contributed by atoms with Crippen molar-refractivity contribution in [2.24, 2.45) is 0 Å². The van der Waals surface area contributed by atoms with E-state index >= 15 is 0 Å². The van der Waals surface area contributed by atoms with Gasteiger partial charge in [-0.15, -0.1) is 0 Å². The zero-order valence-electron chi connectivity index (χ0n) is 15.6. The molecule has 148 valence electrons. The molecule has 0 heterocycles. The number of nitrogens with one attached hydrogen (secondary N) is 1. The van der Waals surface area contributed by atoms with Crippen molar-refractivity contribution in [2.75, 3.05) is 46.6 Å². The average Bonchev–Trinajstić information content (AvgIpc) is 2.61. The number of ether oxygens (including phenoxy) is 3. The van der Waals surface area contributed by atoms with Crippen molar-refractivity contribution >= 4 is 11.9 Å². The van der Waals surface area contributed by atoms with E-state index in [-0.39, 0.29) is 0 Å². The molecule has 0 atom stereocenters. The first-order valence-corrected chi connectivity index (χ1v) is 8.34. The molecule has 0 spiro atoms. The molecule has 0 saturated carbocycles. The van der Waals surface area contributed by atoms with Gasteiger partial charge in [-0.05, 0) is 23.6 Å². The Bertz CT molecular complexity index is 508. The Labute approximate surface area is 154 Å². The van der Waals surface area contributed by atoms with Gasteiger partial charge in [-0.3, -0.25) is 0 Å². The Morgan fingerprint density at radius 2 is 1.69 bits per heavy atom. The predicted molar refractivity (Wildman–Crippen MR) is 96.9 cm³/mol. The third kappa shape index (κ3) is 13.2. The first-order valence-electron chi connectivity index (χ1n) is 8.34. The second kappa shape index (κ2) is 15.1. The highest BCUT2D eigenvalue weighted by molar-refractivity contribution is 6.27. The van der Waals surface area contributed by atoms with Gasteiger partial charge in [0.05, 0.1) is 19.8 Å². The van der Waals surface area contributed by atoms with Crippen molar-refractivity contribution in [1.29, 1.82) is 0 Å². The number of aliphatic carboxylic acids is 2. The maximum atomic E-state index is 9.10. The number of carboxylic acids is 2. The molecule has 3 N–H and O–H groups in total. The lowest BCUT2D eigenvalue weighted by Gasteiger charge is -2.10. The lowest BCUT2D eigenvalue weighted by molar-refractivity contribution is -0.159. The van der Waals surface area contributed by atoms with Gasteiger partial charge in [0.2, 0.25) is 0 Å². The first kappa shape index (κ1) is 23.8. The molecule has 0 bridgehead atoms. The molecular weight excluding hydrogens is 342 g/mol. The molecule has 8 nitrogen and oxygen atoms in total. The molecule has 0 radical (unpaired) electrons. The van der Waals surface area contributed by atoms with Gasteiger partial charge >= 0.3 is 11.9 Å². The van der Waals surface area contributed by atoms with Gasteiger partial charge in [0, 0.05) is 20.2 Å². The fourth-order valence-corrected chi connectivity index (χ4v) is 1.73. The van der Waals surface area contributed by atoms with Crippen molar-refractivity contribution in [3.05, 3.63) is 29.8 Å². The van der Waals surface area contributed by atoms with Crippen LogP contribution in [0.3, 0.4) is 0 Å². The maximum Gasteiger partial charge on any atom is 0.414 e. The fourth-order valence-electron chi connectivity index (χ4n) is 1.73. The van der Waals surface area contributed by atoms with Crippen LogP contribution < -0.4 is 10.1 Å². The van der Waals surface area contributed by atoms with Crippen molar-refractivity contribution < 1.29 is 34.0 Å². The van der Waals surface area contributed by atoms with Crippen molar-refractivity contribution in [3.8, 4) is 5.75 Å². The minimum Gasteiger partial charge on any atom is -0.491 e. The molecule has 26 heavy (non-hydrogen) atoms. The van der Waals surface area contributed by atoms with Gasteiger partial charge in [-0.25, -0.2) is 9.59 Å². The summed E-state index contributed by atoms with van der Waals surface area (Å²) in [6, 6.07) is 8.24. The fraction of sp³-hybridized carbons (Fsp3) is 0.556. The molecule has 0 unspecified atom stereocenters. The van der Waals surface area contributed by atoms with E-state index in [1.807, 2.05) is 12.1 Å². The van der Waals surface area contributed by atoms with Crippen molar-refractivity contribution in [1.82, 2.24) is 5.32 Å². The molecule has 1 rings (SSSR count). The molecule has 8 heteroatoms. The predicted octanol–water partition coefficient (Wildman–Crippen LogP) is 1.60. The number of carbonyl (C=O) groups is 2. The summed E-state index contributed by atoms with van der Waals surface area (Å²) >= 11 is 0. The zero-order chi connectivity index (χ0) is 19.8. The molecule has 0 fully saturated rings. The van der Waals surface area contributed by atoms with Gasteiger partial charge in [-0.2, -0.15) is 0 Å². The summed E-state index contributed by atoms with van der Waals surface area (Å²) in [5.74, 6) is -2.21. The van der Waals surface area contributed by atoms with Gasteiger partial charge in [0.1, 0.15) is 12.4 Å². The number of methoxy groups -OCH3 is 1. The quantitative estimate of drug-likeness (QED) is 0.397. The van der Waals surface area contributed by atoms with Crippen molar-refractivity contribution in [2.45, 2.75) is 19.8 Å². The second-order valence-corrected chi connectivity index (χ2v) is 5.54. The van der Waals surface area contributed by atoms with Gasteiger partial charge in [0.15, 0.2) is 0 Å². The molecule has 1 aromatic carbocycles. The number of hydrogen-bond donors (Lipinski definition) is 3. The van der Waals surface area contributed by atoms with E-state index in [9.17, 15) is 0 Å². The van der Waals surface area contributed by atoms with Crippen LogP contribution in [-0.4, -0.2) is 68.8 Å². The van der Waals surface area contributed by atoms with E-state index in [0.717, 1.165) is 25.4 Å². The Kier molecular flexibility index (Phi) is 13.9. The topological polar surface area (TPSA) is 114 Å². The summed E-state index contributed by atoms with van der Waals surface area (Å²) in [6.07, 6.45) is 0. The lowest BCUT2D eigenvalue weighted by Crippen LogP contribution is -2.24. The Morgan fingerprint density at radius 1 is 1.04 bits per heavy atom. The van der Waals surface area contributed by atoms with E-state index in [4.69, 9.17) is 34.0 Å². The molecule has 0 aliphatic heterocycles. The first-order chi connectivity index (χ1) is 12.4. The molecule has 0 amide bonds. The van der Waals surface area contributed by atoms with E-state index in [1.54, 1.807) is 7.11 Å². The monoisotopic (exact) mass is 371 g/mol. The summed E-state index contributed by atoms with van der Waals surface area (Å²) in [7, 11) is 1.70. The number of carboxylic acid groups (broad SMARTS) is 2. The summed E-state index contributed by atoms with van der Waals surface area (Å²) in [5, 5.41) is 18.0. The average molecular weight is 371 g/mol. The molecule has 1 aromatic rings. The highest BCUT2D eigenvalue weighted by Gasteiger charge is 2.04. The van der Waals surface area contributed by atoms with Crippen LogP contribution in [0, 0.1) is 0 Å². The Balaban J connectivity index is 0.000000896. The van der Waals surface area contributed by atoms with E-state index in [1.165, 1.54) is 5.56 Å². The smallest absolute Gasteiger partial charge is 0.414 e. The molecule has 0 aliphatic carbocycles. The van der Waals surface area contributed by atoms with E-state index in [0.29, 0.717) is 25.7 Å². The van der Waals surface area contributed by atoms with Crippen LogP contribution in [0.4, 0.5) is 0 Å². The Hall–Kier alpha value is -2.16. The SMILES string of the molecule is COCCNCCOCCOc1cccc(C(C)C)c1.O=C(O)C(=O)O. The highest BCUT2D eigenvalue weighted by atomic mass is 16.5. The van der Waals surface area contributed by atoms with E-state index in [2.05, 4.69) is 31.3 Å². The zero-order valence-corrected chi connectivity index (χ0v) is 15.6. The number of hydrogen-bond acceptors (Lipinski definition) is 6. The van der Waals surface area contributed by atoms with Crippen LogP contribution in [0.1, 0.15) is 25.3 Å². The van der Waals surface area contributed by atoms with Crippen LogP contribution in [0.2, 0.25) is 0 Å². The summed E-state index contributed by atoms with van der Waals surface area (Å²) in [6.45, 7) is 8.67. The maximum absolute atomic E-state index is 9.10. The number of rotatable bonds is 11. The van der Waals surface area contributed by atoms with Crippen LogP contribution in [0.15, 0.2) is 24.3 Å². The van der Waals surface area contributed by atoms with Gasteiger partial charge in [0.25, 0.3) is 0 Å². The number of benzene rings is 1. The summed E-state index contributed by atoms with van der Waals surface area (Å²) in [4.78, 5) is 18.2. The minimum atomic E-state index is -1.82. The standard InChI is InChI=1S/C16H27NO3.C2H2O4/c1-14(2)15-5-4-6-16(13-15)20-12-11-19-10-8-17-7-9-18-3;3-1(4)2(5)6/h4-6,13-14,17H,7-12H2,1-3H3;(H,3,4)(H,5,6). The van der Waals surface area contributed by atoms with Crippen LogP contribution in [0.25, 0.3) is 0 Å². The van der Waals surface area contributed by atoms with Crippen LogP contribution in [-0.2, 0) is 19.1 Å². The normalized spacial score (nSPS) is 10.2. The van der Waals surface area contributed by atoms with Crippen molar-refractivity contribution in [3.63, 3.8) is 0 Å². The third-order valence-corrected chi connectivity index (χ3v) is 3.11. The summed E-state index contributed by atoms with van der Waals surface area (Å²) in [5.41, 5.74) is 1.30. The molecule has 0 saturated heterocycles.